The van der Waals surface area contributed by atoms with E-state index in [1.165, 1.54) is 6.33 Å². The first kappa shape index (κ1) is 15.3. The Hall–Kier alpha value is -2.57. The van der Waals surface area contributed by atoms with E-state index in [1.54, 1.807) is 12.4 Å². The quantitative estimate of drug-likeness (QED) is 0.909. The number of carbonyl (C=O) groups excluding carboxylic acids is 1. The first-order chi connectivity index (χ1) is 11.1. The van der Waals surface area contributed by atoms with Gasteiger partial charge in [-0.2, -0.15) is 0 Å². The maximum atomic E-state index is 11.2. The van der Waals surface area contributed by atoms with E-state index in [0.717, 1.165) is 49.6 Å². The van der Waals surface area contributed by atoms with E-state index in [9.17, 15) is 4.79 Å². The monoisotopic (exact) mass is 312 g/mol. The van der Waals surface area contributed by atoms with E-state index in [1.807, 2.05) is 13.0 Å². The molecule has 3 rings (SSSR count). The van der Waals surface area contributed by atoms with Crippen molar-refractivity contribution in [2.45, 2.75) is 26.2 Å². The molecule has 0 spiro atoms. The normalized spacial score (nSPS) is 18.0. The minimum absolute atomic E-state index is 0.272. The van der Waals surface area contributed by atoms with Crippen molar-refractivity contribution in [1.82, 2.24) is 19.9 Å². The minimum atomic E-state index is -0.518. The standard InChI is InChI=1S/C16H20N6O/c1-11-5-15(21-9-18-11)22-4-2-3-12(8-22)6-13-7-14(16(17)23)20-10-19-13/h5,7,9-10,12H,2-4,6,8H2,1H3,(H2,17,23)/t12-/m0/s1. The second kappa shape index (κ2) is 6.68. The molecule has 2 aromatic rings. The van der Waals surface area contributed by atoms with Crippen LogP contribution >= 0.6 is 0 Å². The fraction of sp³-hybridized carbons (Fsp3) is 0.438. The first-order valence-electron chi connectivity index (χ1n) is 7.76. The lowest BCUT2D eigenvalue weighted by molar-refractivity contribution is 0.0995. The number of amides is 1. The Labute approximate surface area is 135 Å². The van der Waals surface area contributed by atoms with Crippen LogP contribution < -0.4 is 10.6 Å². The molecule has 0 bridgehead atoms. The van der Waals surface area contributed by atoms with Crippen molar-refractivity contribution in [1.29, 1.82) is 0 Å². The van der Waals surface area contributed by atoms with E-state index in [-0.39, 0.29) is 5.69 Å². The summed E-state index contributed by atoms with van der Waals surface area (Å²) < 4.78 is 0. The number of nitrogens with two attached hydrogens (primary N) is 1. The predicted octanol–water partition coefficient (Wildman–Crippen LogP) is 1.13. The number of aromatic nitrogens is 4. The van der Waals surface area contributed by atoms with Gasteiger partial charge in [-0.05, 0) is 38.2 Å². The van der Waals surface area contributed by atoms with Gasteiger partial charge in [0.25, 0.3) is 5.91 Å². The van der Waals surface area contributed by atoms with Crippen molar-refractivity contribution >= 4 is 11.7 Å². The first-order valence-corrected chi connectivity index (χ1v) is 7.76. The minimum Gasteiger partial charge on any atom is -0.364 e. The Morgan fingerprint density at radius 1 is 1.26 bits per heavy atom. The lowest BCUT2D eigenvalue weighted by Crippen LogP contribution is -2.37. The van der Waals surface area contributed by atoms with Crippen LogP contribution in [0.5, 0.6) is 0 Å². The van der Waals surface area contributed by atoms with Crippen LogP contribution in [0.15, 0.2) is 24.8 Å². The zero-order valence-corrected chi connectivity index (χ0v) is 13.1. The second-order valence-electron chi connectivity index (χ2n) is 5.93. The van der Waals surface area contributed by atoms with Crippen molar-refractivity contribution in [3.63, 3.8) is 0 Å². The summed E-state index contributed by atoms with van der Waals surface area (Å²) in [5, 5.41) is 0. The van der Waals surface area contributed by atoms with Gasteiger partial charge in [-0.1, -0.05) is 0 Å². The fourth-order valence-corrected chi connectivity index (χ4v) is 2.99. The number of piperidine rings is 1. The van der Waals surface area contributed by atoms with Gasteiger partial charge in [0.1, 0.15) is 24.2 Å². The Bertz CT molecular complexity index is 704. The molecule has 120 valence electrons. The van der Waals surface area contributed by atoms with Crippen LogP contribution in [0.2, 0.25) is 0 Å². The molecule has 7 heteroatoms. The van der Waals surface area contributed by atoms with Crippen molar-refractivity contribution < 1.29 is 4.79 Å². The molecule has 1 atom stereocenters. The van der Waals surface area contributed by atoms with Gasteiger partial charge >= 0.3 is 0 Å². The summed E-state index contributed by atoms with van der Waals surface area (Å²) in [6.45, 7) is 3.90. The third-order valence-corrected chi connectivity index (χ3v) is 4.11. The number of hydrogen-bond donors (Lipinski definition) is 1. The van der Waals surface area contributed by atoms with E-state index in [0.29, 0.717) is 5.92 Å². The maximum Gasteiger partial charge on any atom is 0.267 e. The molecule has 1 aliphatic heterocycles. The SMILES string of the molecule is Cc1cc(N2CCC[C@@H](Cc3cc(C(N)=O)ncn3)C2)ncn1. The van der Waals surface area contributed by atoms with Crippen molar-refractivity contribution in [2.75, 3.05) is 18.0 Å². The van der Waals surface area contributed by atoms with E-state index < -0.39 is 5.91 Å². The maximum absolute atomic E-state index is 11.2. The number of primary amides is 1. The molecule has 0 radical (unpaired) electrons. The van der Waals surface area contributed by atoms with Gasteiger partial charge in [0.2, 0.25) is 0 Å². The molecule has 3 heterocycles. The fourth-order valence-electron chi connectivity index (χ4n) is 2.99. The average Bonchev–Trinajstić information content (AvgIpc) is 2.55. The van der Waals surface area contributed by atoms with Crippen molar-refractivity contribution in [3.05, 3.63) is 41.9 Å². The van der Waals surface area contributed by atoms with Gasteiger partial charge in [-0.15, -0.1) is 0 Å². The van der Waals surface area contributed by atoms with Gasteiger partial charge < -0.3 is 10.6 Å². The molecule has 7 nitrogen and oxygen atoms in total. The molecule has 2 aromatic heterocycles. The molecule has 0 aromatic carbocycles. The third-order valence-electron chi connectivity index (χ3n) is 4.11. The number of nitrogens with zero attached hydrogens (tertiary/aromatic N) is 5. The molecular weight excluding hydrogens is 292 g/mol. The Kier molecular flexibility index (Phi) is 4.45. The van der Waals surface area contributed by atoms with E-state index >= 15 is 0 Å². The number of carbonyl (C=O) groups is 1. The Morgan fingerprint density at radius 2 is 2.09 bits per heavy atom. The molecule has 23 heavy (non-hydrogen) atoms. The highest BCUT2D eigenvalue weighted by molar-refractivity contribution is 5.90. The van der Waals surface area contributed by atoms with Crippen LogP contribution in [0.4, 0.5) is 5.82 Å². The van der Waals surface area contributed by atoms with Gasteiger partial charge in [0.05, 0.1) is 0 Å². The summed E-state index contributed by atoms with van der Waals surface area (Å²) >= 11 is 0. The summed E-state index contributed by atoms with van der Waals surface area (Å²) in [6.07, 6.45) is 6.07. The summed E-state index contributed by atoms with van der Waals surface area (Å²) in [5.41, 5.74) is 7.38. The van der Waals surface area contributed by atoms with Gasteiger partial charge in [-0.25, -0.2) is 19.9 Å². The summed E-state index contributed by atoms with van der Waals surface area (Å²) in [6, 6.07) is 3.70. The summed E-state index contributed by atoms with van der Waals surface area (Å²) in [4.78, 5) is 30.2. The molecule has 0 aliphatic carbocycles. The molecular formula is C16H20N6O. The zero-order chi connectivity index (χ0) is 16.2. The highest BCUT2D eigenvalue weighted by Crippen LogP contribution is 2.24. The van der Waals surface area contributed by atoms with E-state index in [4.69, 9.17) is 5.73 Å². The third kappa shape index (κ3) is 3.80. The highest BCUT2D eigenvalue weighted by Gasteiger charge is 2.22. The average molecular weight is 312 g/mol. The molecule has 1 saturated heterocycles. The zero-order valence-electron chi connectivity index (χ0n) is 13.1. The van der Waals surface area contributed by atoms with Gasteiger partial charge in [0, 0.05) is 30.5 Å². The molecule has 1 fully saturated rings. The van der Waals surface area contributed by atoms with Gasteiger partial charge in [0.15, 0.2) is 0 Å². The number of anilines is 1. The van der Waals surface area contributed by atoms with Crippen LogP contribution in [0.3, 0.4) is 0 Å². The molecule has 0 saturated carbocycles. The lowest BCUT2D eigenvalue weighted by atomic mass is 9.93. The number of hydrogen-bond acceptors (Lipinski definition) is 6. The highest BCUT2D eigenvalue weighted by atomic mass is 16.1. The number of aryl methyl sites for hydroxylation is 1. The molecule has 0 unspecified atom stereocenters. The van der Waals surface area contributed by atoms with Crippen molar-refractivity contribution in [3.8, 4) is 0 Å². The number of rotatable bonds is 4. The smallest absolute Gasteiger partial charge is 0.267 e. The Balaban J connectivity index is 1.69. The lowest BCUT2D eigenvalue weighted by Gasteiger charge is -2.33. The van der Waals surface area contributed by atoms with Gasteiger partial charge in [-0.3, -0.25) is 4.79 Å². The molecule has 2 N–H and O–H groups in total. The van der Waals surface area contributed by atoms with Crippen molar-refractivity contribution in [2.24, 2.45) is 11.7 Å². The van der Waals surface area contributed by atoms with Crippen LogP contribution in [-0.4, -0.2) is 38.9 Å². The van der Waals surface area contributed by atoms with E-state index in [2.05, 4.69) is 24.8 Å². The predicted molar refractivity (Wildman–Crippen MR) is 86.0 cm³/mol. The molecule has 1 amide bonds. The van der Waals surface area contributed by atoms with Crippen LogP contribution in [0.1, 0.15) is 34.7 Å². The second-order valence-corrected chi connectivity index (χ2v) is 5.93. The Morgan fingerprint density at radius 3 is 2.87 bits per heavy atom. The van der Waals surface area contributed by atoms with Crippen LogP contribution in [-0.2, 0) is 6.42 Å². The molecule has 1 aliphatic rings. The summed E-state index contributed by atoms with van der Waals surface area (Å²) in [7, 11) is 0. The van der Waals surface area contributed by atoms with Crippen LogP contribution in [0, 0.1) is 12.8 Å². The van der Waals surface area contributed by atoms with Crippen LogP contribution in [0.25, 0.3) is 0 Å². The largest absolute Gasteiger partial charge is 0.364 e. The summed E-state index contributed by atoms with van der Waals surface area (Å²) in [5.74, 6) is 0.924. The topological polar surface area (TPSA) is 97.9 Å².